The number of rotatable bonds is 2. The van der Waals surface area contributed by atoms with Crippen molar-refractivity contribution in [2.24, 2.45) is 0 Å². The summed E-state index contributed by atoms with van der Waals surface area (Å²) in [5.41, 5.74) is 0.959. The van der Waals surface area contributed by atoms with E-state index in [4.69, 9.17) is 16.9 Å². The predicted octanol–water partition coefficient (Wildman–Crippen LogP) is 2.80. The molecule has 0 saturated carbocycles. The molecule has 0 saturated heterocycles. The van der Waals surface area contributed by atoms with Gasteiger partial charge in [0.25, 0.3) is 0 Å². The predicted molar refractivity (Wildman–Crippen MR) is 50.8 cm³/mol. The first-order valence-electron chi connectivity index (χ1n) is 3.92. The van der Waals surface area contributed by atoms with Gasteiger partial charge in [0.15, 0.2) is 5.78 Å². The second-order valence-corrected chi connectivity index (χ2v) is 2.99. The van der Waals surface area contributed by atoms with Crippen LogP contribution >= 0.6 is 11.6 Å². The second kappa shape index (κ2) is 4.06. The summed E-state index contributed by atoms with van der Waals surface area (Å²) >= 11 is 5.76. The van der Waals surface area contributed by atoms with Gasteiger partial charge in [-0.25, -0.2) is 0 Å². The molecule has 0 aliphatic rings. The lowest BCUT2D eigenvalue weighted by molar-refractivity contribution is 0.0988. The van der Waals surface area contributed by atoms with Gasteiger partial charge < -0.3 is 0 Å². The van der Waals surface area contributed by atoms with Crippen molar-refractivity contribution in [3.8, 4) is 6.07 Å². The minimum Gasteiger partial charge on any atom is -0.294 e. The molecule has 0 spiro atoms. The van der Waals surface area contributed by atoms with Gasteiger partial charge in [-0.3, -0.25) is 4.79 Å². The summed E-state index contributed by atoms with van der Waals surface area (Å²) in [4.78, 5) is 11.2. The molecule has 0 atom stereocenters. The zero-order chi connectivity index (χ0) is 9.84. The molecule has 0 aliphatic carbocycles. The molecule has 0 unspecified atom stereocenters. The number of benzene rings is 1. The highest BCUT2D eigenvalue weighted by Crippen LogP contribution is 2.17. The number of ketones is 1. The number of hydrogen-bond donors (Lipinski definition) is 0. The van der Waals surface area contributed by atoms with Crippen LogP contribution in [0.5, 0.6) is 0 Å². The van der Waals surface area contributed by atoms with Crippen molar-refractivity contribution in [3.63, 3.8) is 0 Å². The molecule has 0 fully saturated rings. The third-order valence-electron chi connectivity index (χ3n) is 1.73. The Balaban J connectivity index is 3.11. The lowest BCUT2D eigenvalue weighted by atomic mass is 10.1. The van der Waals surface area contributed by atoms with E-state index in [0.717, 1.165) is 0 Å². The Morgan fingerprint density at radius 1 is 1.62 bits per heavy atom. The number of Topliss-reactive ketones (excluding diaryl/α,β-unsaturated/α-hetero) is 1. The molecule has 1 rings (SSSR count). The lowest BCUT2D eigenvalue weighted by Gasteiger charge is -1.99. The highest BCUT2D eigenvalue weighted by atomic mass is 35.5. The fourth-order valence-corrected chi connectivity index (χ4v) is 1.21. The summed E-state index contributed by atoms with van der Waals surface area (Å²) in [5.74, 6) is 0.0337. The van der Waals surface area contributed by atoms with Gasteiger partial charge in [0.1, 0.15) is 6.07 Å². The molecular formula is C10H8ClNO. The van der Waals surface area contributed by atoms with Crippen LogP contribution in [-0.4, -0.2) is 5.78 Å². The van der Waals surface area contributed by atoms with Gasteiger partial charge in [-0.15, -0.1) is 0 Å². The van der Waals surface area contributed by atoms with E-state index in [2.05, 4.69) is 0 Å². The second-order valence-electron chi connectivity index (χ2n) is 2.58. The van der Waals surface area contributed by atoms with E-state index in [1.54, 1.807) is 19.1 Å². The maximum Gasteiger partial charge on any atom is 0.162 e. The van der Waals surface area contributed by atoms with E-state index in [9.17, 15) is 4.79 Å². The van der Waals surface area contributed by atoms with Gasteiger partial charge in [-0.2, -0.15) is 5.26 Å². The van der Waals surface area contributed by atoms with Crippen LogP contribution in [0.4, 0.5) is 0 Å². The third kappa shape index (κ3) is 2.07. The fourth-order valence-electron chi connectivity index (χ4n) is 0.983. The molecule has 0 N–H and O–H groups in total. The Kier molecular flexibility index (Phi) is 3.05. The maximum atomic E-state index is 11.2. The van der Waals surface area contributed by atoms with Crippen LogP contribution in [0.1, 0.15) is 29.3 Å². The first-order valence-corrected chi connectivity index (χ1v) is 4.29. The van der Waals surface area contributed by atoms with Crippen LogP contribution in [0.25, 0.3) is 0 Å². The third-order valence-corrected chi connectivity index (χ3v) is 2.05. The molecule has 0 amide bonds. The summed E-state index contributed by atoms with van der Waals surface area (Å²) in [6, 6.07) is 6.65. The zero-order valence-corrected chi connectivity index (χ0v) is 7.93. The van der Waals surface area contributed by atoms with Crippen molar-refractivity contribution >= 4 is 17.4 Å². The van der Waals surface area contributed by atoms with E-state index in [-0.39, 0.29) is 5.78 Å². The number of halogens is 1. The summed E-state index contributed by atoms with van der Waals surface area (Å²) in [7, 11) is 0. The average Bonchev–Trinajstić information content (AvgIpc) is 2.16. The minimum absolute atomic E-state index is 0.0337. The van der Waals surface area contributed by atoms with Crippen LogP contribution in [0.2, 0.25) is 5.02 Å². The molecule has 3 heteroatoms. The molecule has 0 heterocycles. The Morgan fingerprint density at radius 2 is 2.31 bits per heavy atom. The maximum absolute atomic E-state index is 11.2. The number of carbonyl (C=O) groups is 1. The quantitative estimate of drug-likeness (QED) is 0.678. The van der Waals surface area contributed by atoms with E-state index < -0.39 is 0 Å². The summed E-state index contributed by atoms with van der Waals surface area (Å²) in [5, 5.41) is 8.92. The first kappa shape index (κ1) is 9.76. The molecule has 1 aromatic rings. The number of nitriles is 1. The Bertz CT molecular complexity index is 379. The van der Waals surface area contributed by atoms with E-state index >= 15 is 0 Å². The molecule has 0 aromatic heterocycles. The highest BCUT2D eigenvalue weighted by molar-refractivity contribution is 6.32. The van der Waals surface area contributed by atoms with E-state index in [1.165, 1.54) is 6.07 Å². The van der Waals surface area contributed by atoms with E-state index in [1.807, 2.05) is 6.07 Å². The highest BCUT2D eigenvalue weighted by Gasteiger charge is 2.05. The van der Waals surface area contributed by atoms with Crippen molar-refractivity contribution in [1.82, 2.24) is 0 Å². The van der Waals surface area contributed by atoms with Gasteiger partial charge in [0, 0.05) is 12.0 Å². The summed E-state index contributed by atoms with van der Waals surface area (Å²) < 4.78 is 0. The monoisotopic (exact) mass is 193 g/mol. The number of carbonyl (C=O) groups excluding carboxylic acids is 1. The molecular weight excluding hydrogens is 186 g/mol. The summed E-state index contributed by atoms with van der Waals surface area (Å²) in [6.45, 7) is 1.79. The van der Waals surface area contributed by atoms with Gasteiger partial charge in [0.05, 0.1) is 10.6 Å². The van der Waals surface area contributed by atoms with Crippen molar-refractivity contribution in [3.05, 3.63) is 34.3 Å². The van der Waals surface area contributed by atoms with Gasteiger partial charge in [0.2, 0.25) is 0 Å². The van der Waals surface area contributed by atoms with Gasteiger partial charge >= 0.3 is 0 Å². The SMILES string of the molecule is CCC(=O)c1ccc(C#N)c(Cl)c1. The zero-order valence-electron chi connectivity index (χ0n) is 7.17. The van der Waals surface area contributed by atoms with Crippen LogP contribution < -0.4 is 0 Å². The van der Waals surface area contributed by atoms with Crippen LogP contribution in [0.15, 0.2) is 18.2 Å². The number of hydrogen-bond acceptors (Lipinski definition) is 2. The van der Waals surface area contributed by atoms with Crippen molar-refractivity contribution in [2.45, 2.75) is 13.3 Å². The Labute approximate surface area is 81.7 Å². The van der Waals surface area contributed by atoms with Gasteiger partial charge in [-0.05, 0) is 18.2 Å². The Morgan fingerprint density at radius 3 is 2.77 bits per heavy atom. The largest absolute Gasteiger partial charge is 0.294 e. The molecule has 66 valence electrons. The number of nitrogens with zero attached hydrogens (tertiary/aromatic N) is 1. The van der Waals surface area contributed by atoms with Gasteiger partial charge in [-0.1, -0.05) is 18.5 Å². The standard InChI is InChI=1S/C10H8ClNO/c1-2-10(13)7-3-4-8(6-12)9(11)5-7/h3-5H,2H2,1H3. The van der Waals surface area contributed by atoms with Crippen LogP contribution in [-0.2, 0) is 0 Å². The topological polar surface area (TPSA) is 40.9 Å². The van der Waals surface area contributed by atoms with E-state index in [0.29, 0.717) is 22.6 Å². The van der Waals surface area contributed by atoms with Crippen LogP contribution in [0, 0.1) is 11.3 Å². The molecule has 1 aromatic carbocycles. The Hall–Kier alpha value is -1.33. The fraction of sp³-hybridized carbons (Fsp3) is 0.200. The molecule has 13 heavy (non-hydrogen) atoms. The van der Waals surface area contributed by atoms with Crippen LogP contribution in [0.3, 0.4) is 0 Å². The molecule has 2 nitrogen and oxygen atoms in total. The first-order chi connectivity index (χ1) is 6.19. The normalized spacial score (nSPS) is 9.31. The smallest absolute Gasteiger partial charge is 0.162 e. The van der Waals surface area contributed by atoms with Crippen molar-refractivity contribution in [2.75, 3.05) is 0 Å². The molecule has 0 aliphatic heterocycles. The van der Waals surface area contributed by atoms with Crippen molar-refractivity contribution in [1.29, 1.82) is 5.26 Å². The molecule has 0 bridgehead atoms. The van der Waals surface area contributed by atoms with Crippen molar-refractivity contribution < 1.29 is 4.79 Å². The average molecular weight is 194 g/mol. The minimum atomic E-state index is 0.0337. The summed E-state index contributed by atoms with van der Waals surface area (Å²) in [6.07, 6.45) is 0.447. The lowest BCUT2D eigenvalue weighted by Crippen LogP contribution is -1.96. The molecule has 0 radical (unpaired) electrons.